The minimum Gasteiger partial charge on any atom is -0.342 e. The number of nitrogens with zero attached hydrogens (tertiary/aromatic N) is 2. The van der Waals surface area contributed by atoms with Gasteiger partial charge in [-0.15, -0.1) is 0 Å². The highest BCUT2D eigenvalue weighted by molar-refractivity contribution is 5.87. The molecule has 0 aliphatic carbocycles. The molecule has 0 radical (unpaired) electrons. The van der Waals surface area contributed by atoms with Crippen molar-refractivity contribution in [2.75, 3.05) is 26.2 Å². The van der Waals surface area contributed by atoms with E-state index in [1.807, 2.05) is 17.0 Å². The number of halogens is 1. The number of benzene rings is 1. The van der Waals surface area contributed by atoms with Gasteiger partial charge in [-0.25, -0.2) is 4.39 Å². The van der Waals surface area contributed by atoms with Gasteiger partial charge < -0.3 is 9.80 Å². The van der Waals surface area contributed by atoms with E-state index in [4.69, 9.17) is 0 Å². The second-order valence-corrected chi connectivity index (χ2v) is 6.95. The van der Waals surface area contributed by atoms with E-state index in [1.165, 1.54) is 18.2 Å². The summed E-state index contributed by atoms with van der Waals surface area (Å²) in [6.45, 7) is 6.29. The standard InChI is InChI=1S/C20H25FN2O2/c1-2-19(24)22-11-9-17(10-12-22)20(25)23-13-7-16(8-14-23)15-3-5-18(21)6-4-15/h2-6,16-17H,1,7-14H2. The zero-order valence-corrected chi connectivity index (χ0v) is 14.5. The summed E-state index contributed by atoms with van der Waals surface area (Å²) in [6.07, 6.45) is 4.64. The summed E-state index contributed by atoms with van der Waals surface area (Å²) >= 11 is 0. The fraction of sp³-hybridized carbons (Fsp3) is 0.500. The minimum atomic E-state index is -0.211. The number of carbonyl (C=O) groups is 2. The normalized spacial score (nSPS) is 19.7. The molecule has 0 atom stereocenters. The van der Waals surface area contributed by atoms with Gasteiger partial charge in [0.2, 0.25) is 11.8 Å². The van der Waals surface area contributed by atoms with Crippen molar-refractivity contribution in [3.8, 4) is 0 Å². The second-order valence-electron chi connectivity index (χ2n) is 6.95. The predicted octanol–water partition coefficient (Wildman–Crippen LogP) is 2.96. The molecule has 25 heavy (non-hydrogen) atoms. The molecular formula is C20H25FN2O2. The molecule has 1 aromatic rings. The molecule has 0 N–H and O–H groups in total. The van der Waals surface area contributed by atoms with E-state index in [2.05, 4.69) is 6.58 Å². The van der Waals surface area contributed by atoms with Crippen LogP contribution in [0.4, 0.5) is 4.39 Å². The fourth-order valence-electron chi connectivity index (χ4n) is 3.90. The van der Waals surface area contributed by atoms with Crippen molar-refractivity contribution in [2.45, 2.75) is 31.6 Å². The van der Waals surface area contributed by atoms with Crippen LogP contribution in [0.25, 0.3) is 0 Å². The van der Waals surface area contributed by atoms with Gasteiger partial charge in [-0.3, -0.25) is 9.59 Å². The molecule has 0 bridgehead atoms. The number of piperidine rings is 2. The van der Waals surface area contributed by atoms with Gasteiger partial charge in [0.1, 0.15) is 5.82 Å². The number of hydrogen-bond acceptors (Lipinski definition) is 2. The van der Waals surface area contributed by atoms with Crippen LogP contribution in [0, 0.1) is 11.7 Å². The summed E-state index contributed by atoms with van der Waals surface area (Å²) < 4.78 is 13.0. The first-order chi connectivity index (χ1) is 12.1. The van der Waals surface area contributed by atoms with Gasteiger partial charge in [-0.2, -0.15) is 0 Å². The maximum atomic E-state index is 13.0. The summed E-state index contributed by atoms with van der Waals surface area (Å²) in [6, 6.07) is 6.71. The maximum absolute atomic E-state index is 13.0. The van der Waals surface area contributed by atoms with Crippen molar-refractivity contribution in [3.05, 3.63) is 48.3 Å². The number of carbonyl (C=O) groups excluding carboxylic acids is 2. The van der Waals surface area contributed by atoms with Crippen molar-refractivity contribution < 1.29 is 14.0 Å². The quantitative estimate of drug-likeness (QED) is 0.791. The zero-order chi connectivity index (χ0) is 17.8. The zero-order valence-electron chi connectivity index (χ0n) is 14.5. The molecule has 2 fully saturated rings. The molecule has 1 aromatic carbocycles. The average molecular weight is 344 g/mol. The molecule has 4 nitrogen and oxygen atoms in total. The monoisotopic (exact) mass is 344 g/mol. The van der Waals surface area contributed by atoms with Gasteiger partial charge in [0.15, 0.2) is 0 Å². The van der Waals surface area contributed by atoms with Crippen molar-refractivity contribution in [1.82, 2.24) is 9.80 Å². The van der Waals surface area contributed by atoms with Crippen molar-refractivity contribution >= 4 is 11.8 Å². The Hall–Kier alpha value is -2.17. The Balaban J connectivity index is 1.49. The van der Waals surface area contributed by atoms with Crippen LogP contribution in [0.15, 0.2) is 36.9 Å². The third-order valence-electron chi connectivity index (χ3n) is 5.48. The predicted molar refractivity (Wildman–Crippen MR) is 94.5 cm³/mol. The molecule has 3 rings (SSSR count). The summed E-state index contributed by atoms with van der Waals surface area (Å²) in [7, 11) is 0. The second kappa shape index (κ2) is 7.81. The Morgan fingerprint density at radius 2 is 1.52 bits per heavy atom. The van der Waals surface area contributed by atoms with Crippen LogP contribution in [0.2, 0.25) is 0 Å². The highest BCUT2D eigenvalue weighted by Crippen LogP contribution is 2.30. The largest absolute Gasteiger partial charge is 0.342 e. The van der Waals surface area contributed by atoms with E-state index in [-0.39, 0.29) is 23.5 Å². The Morgan fingerprint density at radius 1 is 0.960 bits per heavy atom. The summed E-state index contributed by atoms with van der Waals surface area (Å²) in [5.41, 5.74) is 1.16. The van der Waals surface area contributed by atoms with Crippen LogP contribution in [0.1, 0.15) is 37.2 Å². The molecule has 2 aliphatic heterocycles. The SMILES string of the molecule is C=CC(=O)N1CCC(C(=O)N2CCC(c3ccc(F)cc3)CC2)CC1. The van der Waals surface area contributed by atoms with E-state index in [0.29, 0.717) is 19.0 Å². The van der Waals surface area contributed by atoms with Crippen LogP contribution >= 0.6 is 0 Å². The fourth-order valence-corrected chi connectivity index (χ4v) is 3.90. The average Bonchev–Trinajstić information content (AvgIpc) is 2.67. The summed E-state index contributed by atoms with van der Waals surface area (Å²) in [4.78, 5) is 28.1. The van der Waals surface area contributed by atoms with E-state index in [9.17, 15) is 14.0 Å². The molecule has 2 heterocycles. The highest BCUT2D eigenvalue weighted by atomic mass is 19.1. The molecule has 2 aliphatic rings. The van der Waals surface area contributed by atoms with Crippen molar-refractivity contribution in [2.24, 2.45) is 5.92 Å². The third kappa shape index (κ3) is 4.09. The third-order valence-corrected chi connectivity index (χ3v) is 5.48. The van der Waals surface area contributed by atoms with Gasteiger partial charge in [0, 0.05) is 32.1 Å². The number of hydrogen-bond donors (Lipinski definition) is 0. The van der Waals surface area contributed by atoms with Gasteiger partial charge in [0.05, 0.1) is 0 Å². The number of rotatable bonds is 3. The van der Waals surface area contributed by atoms with Gasteiger partial charge in [0.25, 0.3) is 0 Å². The lowest BCUT2D eigenvalue weighted by Gasteiger charge is -2.37. The molecule has 0 saturated carbocycles. The molecule has 0 spiro atoms. The first kappa shape index (κ1) is 17.6. The van der Waals surface area contributed by atoms with Gasteiger partial charge in [-0.05, 0) is 55.4 Å². The molecule has 5 heteroatoms. The smallest absolute Gasteiger partial charge is 0.245 e. The van der Waals surface area contributed by atoms with E-state index in [0.717, 1.165) is 44.3 Å². The lowest BCUT2D eigenvalue weighted by atomic mass is 9.88. The molecule has 0 unspecified atom stereocenters. The van der Waals surface area contributed by atoms with Crippen LogP contribution < -0.4 is 0 Å². The lowest BCUT2D eigenvalue weighted by molar-refractivity contribution is -0.140. The topological polar surface area (TPSA) is 40.6 Å². The number of likely N-dealkylation sites (tertiary alicyclic amines) is 2. The van der Waals surface area contributed by atoms with Crippen molar-refractivity contribution in [3.63, 3.8) is 0 Å². The maximum Gasteiger partial charge on any atom is 0.245 e. The molecular weight excluding hydrogens is 319 g/mol. The van der Waals surface area contributed by atoms with Crippen LogP contribution in [-0.2, 0) is 9.59 Å². The first-order valence-corrected chi connectivity index (χ1v) is 9.04. The molecule has 134 valence electrons. The summed E-state index contributed by atoms with van der Waals surface area (Å²) in [5.74, 6) is 0.389. The Morgan fingerprint density at radius 3 is 2.08 bits per heavy atom. The van der Waals surface area contributed by atoms with Crippen LogP contribution in [0.5, 0.6) is 0 Å². The number of amides is 2. The molecule has 2 saturated heterocycles. The summed E-state index contributed by atoms with van der Waals surface area (Å²) in [5, 5.41) is 0. The molecule has 0 aromatic heterocycles. The minimum absolute atomic E-state index is 0.0243. The van der Waals surface area contributed by atoms with E-state index >= 15 is 0 Å². The Kier molecular flexibility index (Phi) is 5.51. The lowest BCUT2D eigenvalue weighted by Crippen LogP contribution is -2.46. The first-order valence-electron chi connectivity index (χ1n) is 9.04. The van der Waals surface area contributed by atoms with E-state index in [1.54, 1.807) is 4.90 Å². The molecule has 2 amide bonds. The highest BCUT2D eigenvalue weighted by Gasteiger charge is 2.31. The van der Waals surface area contributed by atoms with Crippen LogP contribution in [-0.4, -0.2) is 47.8 Å². The van der Waals surface area contributed by atoms with Gasteiger partial charge in [-0.1, -0.05) is 18.7 Å². The Bertz CT molecular complexity index is 628. The van der Waals surface area contributed by atoms with Gasteiger partial charge >= 0.3 is 0 Å². The van der Waals surface area contributed by atoms with E-state index < -0.39 is 0 Å². The van der Waals surface area contributed by atoms with Crippen LogP contribution in [0.3, 0.4) is 0 Å². The Labute approximate surface area is 148 Å². The van der Waals surface area contributed by atoms with Crippen molar-refractivity contribution in [1.29, 1.82) is 0 Å².